The number of carboxylic acids is 1. The highest BCUT2D eigenvalue weighted by Crippen LogP contribution is 2.11. The summed E-state index contributed by atoms with van der Waals surface area (Å²) in [5, 5.41) is 18.1. The van der Waals surface area contributed by atoms with Crippen molar-refractivity contribution in [1.82, 2.24) is 0 Å². The summed E-state index contributed by atoms with van der Waals surface area (Å²) in [7, 11) is 0. The lowest BCUT2D eigenvalue weighted by Crippen LogP contribution is -2.19. The Labute approximate surface area is 152 Å². The van der Waals surface area contributed by atoms with Crippen LogP contribution in [-0.4, -0.2) is 27.5 Å². The fraction of sp³-hybridized carbons (Fsp3) is 0.550. The van der Waals surface area contributed by atoms with Crippen LogP contribution in [0.3, 0.4) is 0 Å². The summed E-state index contributed by atoms with van der Waals surface area (Å²) in [5.74, 6) is -0.834. The van der Waals surface area contributed by atoms with Gasteiger partial charge in [-0.2, -0.15) is 12.6 Å². The van der Waals surface area contributed by atoms with E-state index < -0.39 is 12.1 Å². The Balaban J connectivity index is 3.81. The number of rotatable bonds is 14. The van der Waals surface area contributed by atoms with Crippen LogP contribution >= 0.6 is 12.6 Å². The van der Waals surface area contributed by atoms with Gasteiger partial charge in [-0.05, 0) is 32.1 Å². The minimum atomic E-state index is -0.834. The number of aliphatic carboxylic acids is 1. The van der Waals surface area contributed by atoms with E-state index in [9.17, 15) is 9.90 Å². The highest BCUT2D eigenvalue weighted by molar-refractivity contribution is 7.81. The molecular weight excluding hydrogens is 320 g/mol. The topological polar surface area (TPSA) is 57.5 Å². The predicted molar refractivity (Wildman–Crippen MR) is 106 cm³/mol. The van der Waals surface area contributed by atoms with Crippen LogP contribution in [0.5, 0.6) is 0 Å². The molecule has 0 heterocycles. The van der Waals surface area contributed by atoms with E-state index in [0.29, 0.717) is 12.8 Å². The molecule has 4 heteroatoms. The van der Waals surface area contributed by atoms with Gasteiger partial charge in [0.1, 0.15) is 0 Å². The largest absolute Gasteiger partial charge is 0.481 e. The van der Waals surface area contributed by atoms with Crippen LogP contribution < -0.4 is 0 Å². The average molecular weight is 353 g/mol. The van der Waals surface area contributed by atoms with Crippen LogP contribution in [0.4, 0.5) is 0 Å². The third-order valence-corrected chi connectivity index (χ3v) is 3.99. The predicted octanol–water partition coefficient (Wildman–Crippen LogP) is 5.10. The minimum Gasteiger partial charge on any atom is -0.481 e. The Bertz CT molecular complexity index is 425. The number of aliphatic hydroxyl groups is 1. The number of thiol groups is 1. The maximum absolute atomic E-state index is 10.4. The number of carboxylic acid groups (broad SMARTS) is 1. The second kappa shape index (κ2) is 16.6. The lowest BCUT2D eigenvalue weighted by atomic mass is 10.1. The Morgan fingerprint density at radius 1 is 1.04 bits per heavy atom. The molecule has 0 bridgehead atoms. The monoisotopic (exact) mass is 352 g/mol. The van der Waals surface area contributed by atoms with Crippen LogP contribution in [0, 0.1) is 0 Å². The van der Waals surface area contributed by atoms with E-state index in [0.717, 1.165) is 6.42 Å². The van der Waals surface area contributed by atoms with Gasteiger partial charge in [-0.15, -0.1) is 0 Å². The zero-order valence-electron chi connectivity index (χ0n) is 14.7. The van der Waals surface area contributed by atoms with Gasteiger partial charge < -0.3 is 10.2 Å². The zero-order valence-corrected chi connectivity index (χ0v) is 15.6. The molecule has 0 aromatic heterocycles. The summed E-state index contributed by atoms with van der Waals surface area (Å²) < 4.78 is 0. The molecular formula is C20H32O3S. The van der Waals surface area contributed by atoms with E-state index in [1.807, 2.05) is 30.4 Å². The zero-order chi connectivity index (χ0) is 18.0. The molecule has 2 N–H and O–H groups in total. The minimum absolute atomic E-state index is 0.0824. The van der Waals surface area contributed by atoms with Crippen molar-refractivity contribution in [2.75, 3.05) is 0 Å². The number of hydrogen-bond acceptors (Lipinski definition) is 3. The molecule has 3 nitrogen and oxygen atoms in total. The summed E-state index contributed by atoms with van der Waals surface area (Å²) in [6.07, 6.45) is 22.3. The Morgan fingerprint density at radius 3 is 2.50 bits per heavy atom. The Kier molecular flexibility index (Phi) is 15.7. The fourth-order valence-corrected chi connectivity index (χ4v) is 2.28. The van der Waals surface area contributed by atoms with Gasteiger partial charge in [0.25, 0.3) is 0 Å². The number of hydrogen-bond donors (Lipinski definition) is 3. The van der Waals surface area contributed by atoms with E-state index in [2.05, 4.69) is 37.8 Å². The Hall–Kier alpha value is -1.26. The molecule has 24 heavy (non-hydrogen) atoms. The van der Waals surface area contributed by atoms with Gasteiger partial charge in [-0.1, -0.05) is 68.4 Å². The third-order valence-electron chi connectivity index (χ3n) is 3.48. The molecule has 0 saturated heterocycles. The first-order valence-electron chi connectivity index (χ1n) is 8.80. The van der Waals surface area contributed by atoms with Crippen LogP contribution in [-0.2, 0) is 4.79 Å². The molecule has 0 amide bonds. The van der Waals surface area contributed by atoms with E-state index in [1.54, 1.807) is 0 Å². The summed E-state index contributed by atoms with van der Waals surface area (Å²) in [5.41, 5.74) is 0. The summed E-state index contributed by atoms with van der Waals surface area (Å²) in [4.78, 5) is 10.4. The fourth-order valence-electron chi connectivity index (χ4n) is 2.03. The first kappa shape index (κ1) is 22.7. The van der Waals surface area contributed by atoms with E-state index in [4.69, 9.17) is 5.11 Å². The first-order chi connectivity index (χ1) is 11.6. The molecule has 0 aromatic rings. The lowest BCUT2D eigenvalue weighted by molar-refractivity contribution is -0.137. The summed E-state index contributed by atoms with van der Waals surface area (Å²) >= 11 is 4.31. The molecule has 0 saturated carbocycles. The maximum Gasteiger partial charge on any atom is 0.303 e. The highest BCUT2D eigenvalue weighted by atomic mass is 32.1. The summed E-state index contributed by atoms with van der Waals surface area (Å²) in [6, 6.07) is 0. The first-order valence-corrected chi connectivity index (χ1v) is 9.32. The van der Waals surface area contributed by atoms with E-state index in [-0.39, 0.29) is 11.7 Å². The maximum atomic E-state index is 10.4. The second-order valence-electron chi connectivity index (χ2n) is 5.74. The van der Waals surface area contributed by atoms with Crippen molar-refractivity contribution < 1.29 is 15.0 Å². The molecule has 2 atom stereocenters. The van der Waals surface area contributed by atoms with E-state index in [1.165, 1.54) is 25.7 Å². The van der Waals surface area contributed by atoms with Crippen LogP contribution in [0.15, 0.2) is 48.6 Å². The molecule has 0 fully saturated rings. The molecule has 136 valence electrons. The van der Waals surface area contributed by atoms with Gasteiger partial charge in [0.05, 0.1) is 6.10 Å². The molecule has 0 radical (unpaired) electrons. The van der Waals surface area contributed by atoms with Gasteiger partial charge in [-0.3, -0.25) is 4.79 Å². The molecule has 0 aliphatic carbocycles. The van der Waals surface area contributed by atoms with Crippen LogP contribution in [0.25, 0.3) is 0 Å². The van der Waals surface area contributed by atoms with Crippen molar-refractivity contribution in [3.63, 3.8) is 0 Å². The second-order valence-corrected chi connectivity index (χ2v) is 6.34. The SMILES string of the molecule is CCCCC/C=C\C/C=C/C=C\C=C/[C@H](S)[C@H](O)CCCC(=O)O. The smallest absolute Gasteiger partial charge is 0.303 e. The van der Waals surface area contributed by atoms with Gasteiger partial charge in [0, 0.05) is 11.7 Å². The van der Waals surface area contributed by atoms with Crippen molar-refractivity contribution in [1.29, 1.82) is 0 Å². The number of allylic oxidation sites excluding steroid dienone is 7. The lowest BCUT2D eigenvalue weighted by Gasteiger charge is -2.13. The summed E-state index contributed by atoms with van der Waals surface area (Å²) in [6.45, 7) is 2.21. The third kappa shape index (κ3) is 15.6. The van der Waals surface area contributed by atoms with Gasteiger partial charge in [0.2, 0.25) is 0 Å². The molecule has 0 unspecified atom stereocenters. The molecule has 0 aliphatic rings. The van der Waals surface area contributed by atoms with Crippen molar-refractivity contribution in [3.05, 3.63) is 48.6 Å². The molecule has 0 spiro atoms. The highest BCUT2D eigenvalue weighted by Gasteiger charge is 2.12. The Morgan fingerprint density at radius 2 is 1.79 bits per heavy atom. The quantitative estimate of drug-likeness (QED) is 0.176. The van der Waals surface area contributed by atoms with Crippen molar-refractivity contribution >= 4 is 18.6 Å². The normalized spacial score (nSPS) is 15.1. The van der Waals surface area contributed by atoms with Crippen molar-refractivity contribution in [2.24, 2.45) is 0 Å². The molecule has 0 aromatic carbocycles. The van der Waals surface area contributed by atoms with Crippen LogP contribution in [0.1, 0.15) is 58.3 Å². The molecule has 0 rings (SSSR count). The van der Waals surface area contributed by atoms with Crippen molar-refractivity contribution in [2.45, 2.75) is 69.6 Å². The van der Waals surface area contributed by atoms with Gasteiger partial charge >= 0.3 is 5.97 Å². The standard InChI is InChI=1S/C20H32O3S/c1-2-3-4-5-6-7-8-9-10-11-12-13-16-19(24)18(21)15-14-17-20(22)23/h6-7,9-13,16,18-19,21,24H,2-5,8,14-15,17H2,1H3,(H,22,23)/b7-6-,10-9+,12-11-,16-13-/t18-,19+/m1/s1. The van der Waals surface area contributed by atoms with Crippen LogP contribution in [0.2, 0.25) is 0 Å². The number of carbonyl (C=O) groups is 1. The number of aliphatic hydroxyl groups excluding tert-OH is 1. The van der Waals surface area contributed by atoms with Crippen molar-refractivity contribution in [3.8, 4) is 0 Å². The van der Waals surface area contributed by atoms with Gasteiger partial charge in [-0.25, -0.2) is 0 Å². The average Bonchev–Trinajstić information content (AvgIpc) is 2.55. The number of unbranched alkanes of at least 4 members (excludes halogenated alkanes) is 3. The van der Waals surface area contributed by atoms with Gasteiger partial charge in [0.15, 0.2) is 0 Å². The van der Waals surface area contributed by atoms with E-state index >= 15 is 0 Å². The molecule has 0 aliphatic heterocycles.